The maximum absolute atomic E-state index is 5.57. The number of rotatable bonds is 8. The molecule has 0 amide bonds. The number of guanidine groups is 1. The van der Waals surface area contributed by atoms with Gasteiger partial charge in [-0.3, -0.25) is 4.90 Å². The van der Waals surface area contributed by atoms with Gasteiger partial charge in [0.1, 0.15) is 12.0 Å². The lowest BCUT2D eigenvalue weighted by Gasteiger charge is -2.26. The van der Waals surface area contributed by atoms with E-state index in [1.54, 1.807) is 6.26 Å². The van der Waals surface area contributed by atoms with Gasteiger partial charge in [-0.25, -0.2) is 9.98 Å². The Morgan fingerprint density at radius 1 is 1.18 bits per heavy atom. The van der Waals surface area contributed by atoms with Crippen molar-refractivity contribution >= 4 is 29.9 Å². The highest BCUT2D eigenvalue weighted by Crippen LogP contribution is 2.18. The predicted molar refractivity (Wildman–Crippen MR) is 122 cm³/mol. The molecule has 1 fully saturated rings. The normalized spacial score (nSPS) is 15.1. The summed E-state index contributed by atoms with van der Waals surface area (Å²) in [6, 6.07) is 9.89. The summed E-state index contributed by atoms with van der Waals surface area (Å²) in [5.41, 5.74) is 1.79. The molecule has 1 aliphatic heterocycles. The molecule has 7 nitrogen and oxygen atoms in total. The third kappa shape index (κ3) is 7.40. The summed E-state index contributed by atoms with van der Waals surface area (Å²) in [6.07, 6.45) is 2.75. The van der Waals surface area contributed by atoms with Crippen LogP contribution >= 0.6 is 24.0 Å². The molecule has 2 aromatic rings. The monoisotopic (exact) mass is 499 g/mol. The first-order chi connectivity index (χ1) is 13.3. The second-order valence-corrected chi connectivity index (χ2v) is 6.44. The summed E-state index contributed by atoms with van der Waals surface area (Å²) in [6.45, 7) is 9.10. The summed E-state index contributed by atoms with van der Waals surface area (Å²) in [4.78, 5) is 11.6. The smallest absolute Gasteiger partial charge is 0.226 e. The number of morpholine rings is 1. The van der Waals surface area contributed by atoms with Crippen molar-refractivity contribution in [3.05, 3.63) is 42.3 Å². The Labute approximate surface area is 184 Å². The van der Waals surface area contributed by atoms with Crippen molar-refractivity contribution in [3.63, 3.8) is 0 Å². The molecule has 1 aliphatic rings. The summed E-state index contributed by atoms with van der Waals surface area (Å²) < 4.78 is 11.0. The van der Waals surface area contributed by atoms with E-state index >= 15 is 0 Å². The number of benzene rings is 1. The molecular formula is C20H30IN5O2. The Balaban J connectivity index is 0.00000280. The Bertz CT molecular complexity index is 702. The highest BCUT2D eigenvalue weighted by Gasteiger charge is 2.09. The zero-order valence-corrected chi connectivity index (χ0v) is 18.7. The van der Waals surface area contributed by atoms with E-state index in [-0.39, 0.29) is 24.0 Å². The fourth-order valence-electron chi connectivity index (χ4n) is 2.93. The highest BCUT2D eigenvalue weighted by molar-refractivity contribution is 14.0. The molecular weight excluding hydrogens is 469 g/mol. The van der Waals surface area contributed by atoms with Crippen molar-refractivity contribution in [2.75, 3.05) is 45.9 Å². The molecule has 1 aromatic carbocycles. The van der Waals surface area contributed by atoms with Crippen LogP contribution in [0.25, 0.3) is 11.5 Å². The molecule has 0 spiro atoms. The van der Waals surface area contributed by atoms with Crippen LogP contribution in [0.3, 0.4) is 0 Å². The molecule has 0 bridgehead atoms. The number of hydrogen-bond donors (Lipinski definition) is 2. The molecule has 0 atom stereocenters. The lowest BCUT2D eigenvalue weighted by atomic mass is 10.2. The lowest BCUT2D eigenvalue weighted by molar-refractivity contribution is 0.0376. The number of halogens is 1. The molecule has 0 aliphatic carbocycles. The third-order valence-corrected chi connectivity index (χ3v) is 4.36. The van der Waals surface area contributed by atoms with Crippen LogP contribution in [0, 0.1) is 0 Å². The lowest BCUT2D eigenvalue weighted by Crippen LogP contribution is -2.40. The molecule has 0 radical (unpaired) electrons. The van der Waals surface area contributed by atoms with E-state index in [4.69, 9.17) is 9.15 Å². The van der Waals surface area contributed by atoms with Crippen LogP contribution in [0.2, 0.25) is 0 Å². The first-order valence-corrected chi connectivity index (χ1v) is 9.67. The standard InChI is InChI=1S/C20H29N5O2.HI/c1-2-21-20(22-9-6-10-25-11-13-26-14-12-25)23-15-18-16-27-19(24-18)17-7-4-3-5-8-17;/h3-5,7-8,16H,2,6,9-15H2,1H3,(H2,21,22,23);1H. The number of aliphatic imine (C=N–C) groups is 1. The predicted octanol–water partition coefficient (Wildman–Crippen LogP) is 2.74. The zero-order valence-electron chi connectivity index (χ0n) is 16.4. The number of hydrogen-bond acceptors (Lipinski definition) is 5. The van der Waals surface area contributed by atoms with Crippen LogP contribution < -0.4 is 10.6 Å². The van der Waals surface area contributed by atoms with Gasteiger partial charge in [-0.2, -0.15) is 0 Å². The molecule has 0 unspecified atom stereocenters. The number of ether oxygens (including phenoxy) is 1. The van der Waals surface area contributed by atoms with Crippen molar-refractivity contribution in [2.45, 2.75) is 19.9 Å². The van der Waals surface area contributed by atoms with Gasteiger partial charge in [0.05, 0.1) is 19.8 Å². The van der Waals surface area contributed by atoms with Gasteiger partial charge in [0, 0.05) is 31.7 Å². The minimum absolute atomic E-state index is 0. The number of nitrogens with zero attached hydrogens (tertiary/aromatic N) is 3. The van der Waals surface area contributed by atoms with E-state index in [9.17, 15) is 0 Å². The topological polar surface area (TPSA) is 74.9 Å². The van der Waals surface area contributed by atoms with E-state index in [2.05, 4.69) is 32.4 Å². The quantitative estimate of drug-likeness (QED) is 0.252. The average molecular weight is 499 g/mol. The third-order valence-electron chi connectivity index (χ3n) is 4.36. The molecule has 2 N–H and O–H groups in total. The average Bonchev–Trinajstić information content (AvgIpc) is 3.20. The van der Waals surface area contributed by atoms with Crippen molar-refractivity contribution in [1.29, 1.82) is 0 Å². The van der Waals surface area contributed by atoms with E-state index in [1.165, 1.54) is 0 Å². The Morgan fingerprint density at radius 2 is 1.96 bits per heavy atom. The van der Waals surface area contributed by atoms with Gasteiger partial charge in [-0.1, -0.05) is 18.2 Å². The van der Waals surface area contributed by atoms with Crippen LogP contribution in [0.15, 0.2) is 46.0 Å². The summed E-state index contributed by atoms with van der Waals surface area (Å²) >= 11 is 0. The van der Waals surface area contributed by atoms with Gasteiger partial charge in [-0.05, 0) is 32.0 Å². The minimum atomic E-state index is 0. The molecule has 3 rings (SSSR count). The van der Waals surface area contributed by atoms with E-state index in [0.717, 1.165) is 69.6 Å². The van der Waals surface area contributed by atoms with Crippen LogP contribution in [0.1, 0.15) is 19.0 Å². The number of nitrogens with one attached hydrogen (secondary N) is 2. The summed E-state index contributed by atoms with van der Waals surface area (Å²) in [7, 11) is 0. The van der Waals surface area contributed by atoms with Gasteiger partial charge in [0.25, 0.3) is 0 Å². The maximum atomic E-state index is 5.57. The minimum Gasteiger partial charge on any atom is -0.444 e. The van der Waals surface area contributed by atoms with Gasteiger partial charge in [0.2, 0.25) is 5.89 Å². The van der Waals surface area contributed by atoms with Crippen molar-refractivity contribution in [1.82, 2.24) is 20.5 Å². The van der Waals surface area contributed by atoms with Crippen molar-refractivity contribution in [3.8, 4) is 11.5 Å². The van der Waals surface area contributed by atoms with Gasteiger partial charge < -0.3 is 19.8 Å². The molecule has 28 heavy (non-hydrogen) atoms. The van der Waals surface area contributed by atoms with E-state index in [0.29, 0.717) is 12.4 Å². The van der Waals surface area contributed by atoms with Crippen LogP contribution in [-0.4, -0.2) is 61.8 Å². The SMILES string of the molecule is CCNC(=NCc1coc(-c2ccccc2)n1)NCCCN1CCOCC1.I. The zero-order chi connectivity index (χ0) is 18.7. The van der Waals surface area contributed by atoms with Crippen molar-refractivity contribution in [2.24, 2.45) is 4.99 Å². The molecule has 1 aromatic heterocycles. The molecule has 154 valence electrons. The Morgan fingerprint density at radius 3 is 2.71 bits per heavy atom. The van der Waals surface area contributed by atoms with Crippen molar-refractivity contribution < 1.29 is 9.15 Å². The number of oxazole rings is 1. The maximum Gasteiger partial charge on any atom is 0.226 e. The first kappa shape index (κ1) is 22.6. The largest absolute Gasteiger partial charge is 0.444 e. The number of aromatic nitrogens is 1. The second-order valence-electron chi connectivity index (χ2n) is 6.44. The van der Waals surface area contributed by atoms with Crippen LogP contribution in [0.5, 0.6) is 0 Å². The Hall–Kier alpha value is -1.65. The fourth-order valence-corrected chi connectivity index (χ4v) is 2.93. The Kier molecular flexibility index (Phi) is 10.3. The fraction of sp³-hybridized carbons (Fsp3) is 0.500. The highest BCUT2D eigenvalue weighted by atomic mass is 127. The summed E-state index contributed by atoms with van der Waals surface area (Å²) in [5, 5.41) is 6.67. The molecule has 0 saturated carbocycles. The van der Waals surface area contributed by atoms with Crippen LogP contribution in [-0.2, 0) is 11.3 Å². The first-order valence-electron chi connectivity index (χ1n) is 9.67. The molecule has 1 saturated heterocycles. The van der Waals surface area contributed by atoms with Gasteiger partial charge in [0.15, 0.2) is 5.96 Å². The van der Waals surface area contributed by atoms with E-state index in [1.807, 2.05) is 30.3 Å². The van der Waals surface area contributed by atoms with Gasteiger partial charge >= 0.3 is 0 Å². The van der Waals surface area contributed by atoms with Crippen LogP contribution in [0.4, 0.5) is 0 Å². The second kappa shape index (κ2) is 12.7. The molecule has 2 heterocycles. The summed E-state index contributed by atoms with van der Waals surface area (Å²) in [5.74, 6) is 1.44. The van der Waals surface area contributed by atoms with E-state index < -0.39 is 0 Å². The van der Waals surface area contributed by atoms with Gasteiger partial charge in [-0.15, -0.1) is 24.0 Å². The molecule has 8 heteroatoms.